The Hall–Kier alpha value is -1.60. The lowest BCUT2D eigenvalue weighted by Crippen LogP contribution is -2.15. The first kappa shape index (κ1) is 13.5. The highest BCUT2D eigenvalue weighted by Crippen LogP contribution is 2.20. The molecule has 1 N–H and O–H groups in total. The normalized spacial score (nSPS) is 11.8. The van der Waals surface area contributed by atoms with Crippen LogP contribution in [0, 0.1) is 11.8 Å². The fourth-order valence-corrected chi connectivity index (χ4v) is 1.47. The molecule has 0 heterocycles. The maximum absolute atomic E-state index is 12.0. The highest BCUT2D eigenvalue weighted by Gasteiger charge is 2.09. The van der Waals surface area contributed by atoms with Gasteiger partial charge < -0.3 is 10.1 Å². The standard InChI is InChI=1S/C13H15F2NO/c1-3-4-5-12(16-2)10-6-8-11(9-7-10)17-13(14)15/h6-9,12-13,16H,5H2,1-2H3. The third-order valence-electron chi connectivity index (χ3n) is 2.34. The summed E-state index contributed by atoms with van der Waals surface area (Å²) in [6.45, 7) is -1.00. The number of hydrogen-bond donors (Lipinski definition) is 1. The molecule has 92 valence electrons. The Bertz CT molecular complexity index is 392. The number of halogens is 2. The number of rotatable bonds is 5. The lowest BCUT2D eigenvalue weighted by molar-refractivity contribution is -0.0498. The largest absolute Gasteiger partial charge is 0.435 e. The summed E-state index contributed by atoms with van der Waals surface area (Å²) in [4.78, 5) is 0. The van der Waals surface area contributed by atoms with E-state index in [-0.39, 0.29) is 11.8 Å². The van der Waals surface area contributed by atoms with Crippen molar-refractivity contribution in [2.24, 2.45) is 0 Å². The van der Waals surface area contributed by atoms with Crippen molar-refractivity contribution < 1.29 is 13.5 Å². The minimum atomic E-state index is -2.79. The smallest absolute Gasteiger partial charge is 0.387 e. The maximum Gasteiger partial charge on any atom is 0.387 e. The van der Waals surface area contributed by atoms with Crippen molar-refractivity contribution >= 4 is 0 Å². The van der Waals surface area contributed by atoms with Crippen molar-refractivity contribution in [2.45, 2.75) is 26.0 Å². The summed E-state index contributed by atoms with van der Waals surface area (Å²) in [6, 6.07) is 6.69. The van der Waals surface area contributed by atoms with E-state index in [1.54, 1.807) is 19.1 Å². The molecule has 4 heteroatoms. The Labute approximate surface area is 100.0 Å². The summed E-state index contributed by atoms with van der Waals surface area (Å²) < 4.78 is 28.2. The molecule has 1 aromatic carbocycles. The molecule has 1 unspecified atom stereocenters. The fraction of sp³-hybridized carbons (Fsp3) is 0.385. The first-order valence-electron chi connectivity index (χ1n) is 5.29. The number of benzene rings is 1. The fourth-order valence-electron chi connectivity index (χ4n) is 1.47. The predicted octanol–water partition coefficient (Wildman–Crippen LogP) is 2.96. The molecule has 1 aromatic rings. The van der Waals surface area contributed by atoms with E-state index in [0.29, 0.717) is 6.42 Å². The average Bonchev–Trinajstić information content (AvgIpc) is 2.31. The van der Waals surface area contributed by atoms with Crippen LogP contribution in [0.1, 0.15) is 24.9 Å². The molecular formula is C13H15F2NO. The Morgan fingerprint density at radius 3 is 2.41 bits per heavy atom. The molecule has 2 nitrogen and oxygen atoms in total. The van der Waals surface area contributed by atoms with E-state index in [0.717, 1.165) is 5.56 Å². The van der Waals surface area contributed by atoms with Gasteiger partial charge in [0.05, 0.1) is 0 Å². The summed E-state index contributed by atoms with van der Waals surface area (Å²) in [7, 11) is 1.84. The lowest BCUT2D eigenvalue weighted by atomic mass is 10.0. The molecule has 0 aliphatic carbocycles. The van der Waals surface area contributed by atoms with E-state index in [1.807, 2.05) is 7.05 Å². The molecule has 0 amide bonds. The van der Waals surface area contributed by atoms with Crippen LogP contribution in [-0.4, -0.2) is 13.7 Å². The highest BCUT2D eigenvalue weighted by molar-refractivity contribution is 5.29. The van der Waals surface area contributed by atoms with Gasteiger partial charge in [-0.05, 0) is 31.7 Å². The summed E-state index contributed by atoms with van der Waals surface area (Å²) >= 11 is 0. The molecular weight excluding hydrogens is 224 g/mol. The Morgan fingerprint density at radius 2 is 1.94 bits per heavy atom. The van der Waals surface area contributed by atoms with Crippen LogP contribution in [0.15, 0.2) is 24.3 Å². The second kappa shape index (κ2) is 6.87. The maximum atomic E-state index is 12.0. The molecule has 0 fully saturated rings. The van der Waals surface area contributed by atoms with E-state index in [2.05, 4.69) is 21.9 Å². The molecule has 0 bridgehead atoms. The van der Waals surface area contributed by atoms with Crippen molar-refractivity contribution in [3.63, 3.8) is 0 Å². The van der Waals surface area contributed by atoms with Crippen LogP contribution in [-0.2, 0) is 0 Å². The van der Waals surface area contributed by atoms with E-state index >= 15 is 0 Å². The first-order chi connectivity index (χ1) is 8.17. The summed E-state index contributed by atoms with van der Waals surface area (Å²) in [5.74, 6) is 5.97. The molecule has 0 saturated carbocycles. The monoisotopic (exact) mass is 239 g/mol. The van der Waals surface area contributed by atoms with Gasteiger partial charge in [0.25, 0.3) is 0 Å². The Morgan fingerprint density at radius 1 is 1.29 bits per heavy atom. The first-order valence-corrected chi connectivity index (χ1v) is 5.29. The summed E-state index contributed by atoms with van der Waals surface area (Å²) in [5, 5.41) is 3.12. The third-order valence-corrected chi connectivity index (χ3v) is 2.34. The molecule has 0 aliphatic heterocycles. The summed E-state index contributed by atoms with van der Waals surface area (Å²) in [6.07, 6.45) is 0.683. The molecule has 0 aliphatic rings. The molecule has 1 rings (SSSR count). The Balaban J connectivity index is 2.72. The van der Waals surface area contributed by atoms with Crippen LogP contribution in [0.3, 0.4) is 0 Å². The average molecular weight is 239 g/mol. The second-order valence-electron chi connectivity index (χ2n) is 3.42. The SMILES string of the molecule is CC#CCC(NC)c1ccc(OC(F)F)cc1. The van der Waals surface area contributed by atoms with Crippen LogP contribution in [0.2, 0.25) is 0 Å². The van der Waals surface area contributed by atoms with Gasteiger partial charge in [-0.3, -0.25) is 0 Å². The number of ether oxygens (including phenoxy) is 1. The van der Waals surface area contributed by atoms with Gasteiger partial charge in [0.15, 0.2) is 0 Å². The van der Waals surface area contributed by atoms with E-state index in [1.165, 1.54) is 12.1 Å². The quantitative estimate of drug-likeness (QED) is 0.798. The third kappa shape index (κ3) is 4.41. The predicted molar refractivity (Wildman–Crippen MR) is 62.9 cm³/mol. The Kier molecular flexibility index (Phi) is 5.44. The molecule has 0 radical (unpaired) electrons. The zero-order chi connectivity index (χ0) is 12.7. The molecule has 1 atom stereocenters. The van der Waals surface area contributed by atoms with Gasteiger partial charge in [0, 0.05) is 12.5 Å². The van der Waals surface area contributed by atoms with Crippen molar-refractivity contribution in [3.05, 3.63) is 29.8 Å². The zero-order valence-corrected chi connectivity index (χ0v) is 9.84. The highest BCUT2D eigenvalue weighted by atomic mass is 19.3. The molecule has 17 heavy (non-hydrogen) atoms. The van der Waals surface area contributed by atoms with Gasteiger partial charge in [-0.15, -0.1) is 11.8 Å². The van der Waals surface area contributed by atoms with Crippen molar-refractivity contribution in [1.82, 2.24) is 5.32 Å². The van der Waals surface area contributed by atoms with E-state index in [4.69, 9.17) is 0 Å². The molecule has 0 saturated heterocycles. The minimum absolute atomic E-state index is 0.100. The van der Waals surface area contributed by atoms with Crippen molar-refractivity contribution in [1.29, 1.82) is 0 Å². The van der Waals surface area contributed by atoms with Crippen LogP contribution in [0.25, 0.3) is 0 Å². The van der Waals surface area contributed by atoms with Gasteiger partial charge in [0.2, 0.25) is 0 Å². The van der Waals surface area contributed by atoms with Gasteiger partial charge in [0.1, 0.15) is 5.75 Å². The van der Waals surface area contributed by atoms with E-state index in [9.17, 15) is 8.78 Å². The topological polar surface area (TPSA) is 21.3 Å². The van der Waals surface area contributed by atoms with Crippen molar-refractivity contribution in [2.75, 3.05) is 7.05 Å². The number of nitrogens with one attached hydrogen (secondary N) is 1. The van der Waals surface area contributed by atoms with Crippen LogP contribution < -0.4 is 10.1 Å². The van der Waals surface area contributed by atoms with Crippen LogP contribution in [0.5, 0.6) is 5.75 Å². The van der Waals surface area contributed by atoms with E-state index < -0.39 is 6.61 Å². The van der Waals surface area contributed by atoms with Crippen LogP contribution in [0.4, 0.5) is 8.78 Å². The van der Waals surface area contributed by atoms with Gasteiger partial charge >= 0.3 is 6.61 Å². The lowest BCUT2D eigenvalue weighted by Gasteiger charge is -2.14. The van der Waals surface area contributed by atoms with Gasteiger partial charge in [-0.2, -0.15) is 8.78 Å². The summed E-state index contributed by atoms with van der Waals surface area (Å²) in [5.41, 5.74) is 0.997. The zero-order valence-electron chi connectivity index (χ0n) is 9.84. The number of hydrogen-bond acceptors (Lipinski definition) is 2. The molecule has 0 spiro atoms. The van der Waals surface area contributed by atoms with Gasteiger partial charge in [-0.25, -0.2) is 0 Å². The van der Waals surface area contributed by atoms with Crippen LogP contribution >= 0.6 is 0 Å². The minimum Gasteiger partial charge on any atom is -0.435 e. The molecule has 0 aromatic heterocycles. The van der Waals surface area contributed by atoms with Gasteiger partial charge in [-0.1, -0.05) is 12.1 Å². The second-order valence-corrected chi connectivity index (χ2v) is 3.42. The number of alkyl halides is 2. The van der Waals surface area contributed by atoms with Crippen molar-refractivity contribution in [3.8, 4) is 17.6 Å².